The van der Waals surface area contributed by atoms with Crippen LogP contribution in [0.5, 0.6) is 0 Å². The summed E-state index contributed by atoms with van der Waals surface area (Å²) in [4.78, 5) is 6.67. The molecule has 0 saturated heterocycles. The molecule has 5 nitrogen and oxygen atoms in total. The molecule has 0 amide bonds. The molecule has 0 spiro atoms. The van der Waals surface area contributed by atoms with Gasteiger partial charge in [-0.1, -0.05) is 0 Å². The lowest BCUT2D eigenvalue weighted by Gasteiger charge is -2.16. The predicted molar refractivity (Wildman–Crippen MR) is 71.3 cm³/mol. The Morgan fingerprint density at radius 2 is 2.21 bits per heavy atom. The number of halogens is 2. The van der Waals surface area contributed by atoms with Gasteiger partial charge >= 0.3 is 0 Å². The van der Waals surface area contributed by atoms with Crippen molar-refractivity contribution >= 4 is 26.0 Å². The molecule has 0 bridgehead atoms. The van der Waals surface area contributed by atoms with Crippen LogP contribution in [0.15, 0.2) is 40.0 Å². The summed E-state index contributed by atoms with van der Waals surface area (Å²) in [5.41, 5.74) is 0. The van der Waals surface area contributed by atoms with Crippen LogP contribution in [-0.4, -0.2) is 29.7 Å². The van der Waals surface area contributed by atoms with Gasteiger partial charge in [0.1, 0.15) is 11.6 Å². The van der Waals surface area contributed by atoms with Gasteiger partial charge in [0, 0.05) is 19.4 Å². The van der Waals surface area contributed by atoms with Crippen LogP contribution in [-0.2, 0) is 16.6 Å². The van der Waals surface area contributed by atoms with Crippen molar-refractivity contribution in [3.05, 3.63) is 46.7 Å². The lowest BCUT2D eigenvalue weighted by Crippen LogP contribution is -2.27. The van der Waals surface area contributed by atoms with E-state index in [1.165, 1.54) is 25.4 Å². The Hall–Kier alpha value is -1.25. The molecule has 102 valence electrons. The number of aromatic nitrogens is 2. The van der Waals surface area contributed by atoms with Crippen LogP contribution in [0.25, 0.3) is 0 Å². The Labute approximate surface area is 118 Å². The highest BCUT2D eigenvalue weighted by Crippen LogP contribution is 2.22. The highest BCUT2D eigenvalue weighted by molar-refractivity contribution is 9.10. The van der Waals surface area contributed by atoms with Crippen molar-refractivity contribution in [2.45, 2.75) is 11.4 Å². The maximum Gasteiger partial charge on any atom is 0.243 e. The van der Waals surface area contributed by atoms with E-state index in [1.54, 1.807) is 6.20 Å². The van der Waals surface area contributed by atoms with Gasteiger partial charge in [-0.3, -0.25) is 0 Å². The highest BCUT2D eigenvalue weighted by atomic mass is 79.9. The van der Waals surface area contributed by atoms with Gasteiger partial charge in [0.05, 0.1) is 15.9 Å². The molecule has 1 aromatic heterocycles. The van der Waals surface area contributed by atoms with Crippen molar-refractivity contribution in [1.82, 2.24) is 14.3 Å². The fourth-order valence-corrected chi connectivity index (χ4v) is 2.89. The molecule has 1 heterocycles. The van der Waals surface area contributed by atoms with Crippen LogP contribution < -0.4 is 0 Å². The topological polar surface area (TPSA) is 66.1 Å². The van der Waals surface area contributed by atoms with E-state index in [1.807, 2.05) is 0 Å². The third-order valence-corrected chi connectivity index (χ3v) is 4.97. The van der Waals surface area contributed by atoms with Crippen molar-refractivity contribution in [2.75, 3.05) is 7.05 Å². The van der Waals surface area contributed by atoms with Gasteiger partial charge in [-0.05, 0) is 34.1 Å². The molecule has 0 unspecified atom stereocenters. The van der Waals surface area contributed by atoms with E-state index < -0.39 is 15.8 Å². The Balaban J connectivity index is 2.28. The fraction of sp³-hybridized carbons (Fsp3) is 0.182. The maximum absolute atomic E-state index is 13.4. The van der Waals surface area contributed by atoms with Crippen LogP contribution in [0.2, 0.25) is 0 Å². The van der Waals surface area contributed by atoms with E-state index in [0.717, 1.165) is 10.4 Å². The quantitative estimate of drug-likeness (QED) is 0.921. The first kappa shape index (κ1) is 14.2. The minimum Gasteiger partial charge on any atom is -0.347 e. The maximum atomic E-state index is 13.4. The SMILES string of the molecule is CN(Cc1ncc[nH]1)S(=O)(=O)c1ccc(Br)c(F)c1. The zero-order valence-electron chi connectivity index (χ0n) is 9.97. The van der Waals surface area contributed by atoms with Crippen LogP contribution in [0.3, 0.4) is 0 Å². The number of nitrogens with zero attached hydrogens (tertiary/aromatic N) is 2. The Morgan fingerprint density at radius 3 is 2.79 bits per heavy atom. The molecule has 0 fully saturated rings. The van der Waals surface area contributed by atoms with Crippen molar-refractivity contribution in [1.29, 1.82) is 0 Å². The molecule has 8 heteroatoms. The molecule has 2 rings (SSSR count). The molecule has 0 saturated carbocycles. The molecule has 0 aliphatic rings. The normalized spacial score (nSPS) is 12.0. The second-order valence-electron chi connectivity index (χ2n) is 3.87. The number of sulfonamides is 1. The van der Waals surface area contributed by atoms with E-state index in [9.17, 15) is 12.8 Å². The van der Waals surface area contributed by atoms with Gasteiger partial charge < -0.3 is 4.98 Å². The molecule has 0 aliphatic heterocycles. The third-order valence-electron chi connectivity index (χ3n) is 2.53. The lowest BCUT2D eigenvalue weighted by atomic mass is 10.3. The van der Waals surface area contributed by atoms with Gasteiger partial charge in [0.15, 0.2) is 0 Å². The van der Waals surface area contributed by atoms with Crippen molar-refractivity contribution in [2.24, 2.45) is 0 Å². The Morgan fingerprint density at radius 1 is 1.47 bits per heavy atom. The summed E-state index contributed by atoms with van der Waals surface area (Å²) in [5.74, 6) is -0.101. The second-order valence-corrected chi connectivity index (χ2v) is 6.77. The molecular weight excluding hydrogens is 337 g/mol. The van der Waals surface area contributed by atoms with Gasteiger partial charge in [0.25, 0.3) is 0 Å². The minimum absolute atomic E-state index is 0.0903. The molecule has 1 N–H and O–H groups in total. The summed E-state index contributed by atoms with van der Waals surface area (Å²) < 4.78 is 39.2. The molecule has 1 aromatic carbocycles. The van der Waals surface area contributed by atoms with Gasteiger partial charge in [-0.2, -0.15) is 4.31 Å². The van der Waals surface area contributed by atoms with Crippen molar-refractivity contribution in [3.8, 4) is 0 Å². The average Bonchev–Trinajstić information content (AvgIpc) is 2.85. The molecule has 0 aliphatic carbocycles. The first-order chi connectivity index (χ1) is 8.91. The molecular formula is C11H11BrFN3O2S. The van der Waals surface area contributed by atoms with Crippen LogP contribution >= 0.6 is 15.9 Å². The monoisotopic (exact) mass is 347 g/mol. The number of aromatic amines is 1. The standard InChI is InChI=1S/C11H11BrFN3O2S/c1-16(7-11-14-4-5-15-11)19(17,18)8-2-3-9(12)10(13)6-8/h2-6H,7H2,1H3,(H,14,15). The van der Waals surface area contributed by atoms with E-state index in [0.29, 0.717) is 5.82 Å². The zero-order valence-corrected chi connectivity index (χ0v) is 12.4. The third kappa shape index (κ3) is 3.02. The largest absolute Gasteiger partial charge is 0.347 e. The zero-order chi connectivity index (χ0) is 14.0. The molecule has 19 heavy (non-hydrogen) atoms. The van der Waals surface area contributed by atoms with E-state index >= 15 is 0 Å². The summed E-state index contributed by atoms with van der Waals surface area (Å²) in [6.07, 6.45) is 3.14. The average molecular weight is 348 g/mol. The Kier molecular flexibility index (Phi) is 4.02. The number of benzene rings is 1. The summed E-state index contributed by atoms with van der Waals surface area (Å²) in [6.45, 7) is 0.0903. The van der Waals surface area contributed by atoms with Crippen LogP contribution in [0, 0.1) is 5.82 Å². The minimum atomic E-state index is -3.74. The van der Waals surface area contributed by atoms with Crippen molar-refractivity contribution < 1.29 is 12.8 Å². The van der Waals surface area contributed by atoms with Gasteiger partial charge in [-0.15, -0.1) is 0 Å². The van der Waals surface area contributed by atoms with Crippen LogP contribution in [0.1, 0.15) is 5.82 Å². The fourth-order valence-electron chi connectivity index (χ4n) is 1.50. The smallest absolute Gasteiger partial charge is 0.243 e. The second kappa shape index (κ2) is 5.40. The first-order valence-electron chi connectivity index (χ1n) is 5.31. The van der Waals surface area contributed by atoms with Crippen LogP contribution in [0.4, 0.5) is 4.39 Å². The first-order valence-corrected chi connectivity index (χ1v) is 7.54. The van der Waals surface area contributed by atoms with Gasteiger partial charge in [-0.25, -0.2) is 17.8 Å². The molecule has 0 radical (unpaired) electrons. The summed E-state index contributed by atoms with van der Waals surface area (Å²) in [6, 6.07) is 3.70. The molecule has 0 atom stereocenters. The summed E-state index contributed by atoms with van der Waals surface area (Å²) in [7, 11) is -2.33. The van der Waals surface area contributed by atoms with Crippen molar-refractivity contribution in [3.63, 3.8) is 0 Å². The van der Waals surface area contributed by atoms with E-state index in [-0.39, 0.29) is 15.9 Å². The predicted octanol–water partition coefficient (Wildman–Crippen LogP) is 2.13. The number of H-pyrrole nitrogens is 1. The summed E-state index contributed by atoms with van der Waals surface area (Å²) in [5, 5.41) is 0. The summed E-state index contributed by atoms with van der Waals surface area (Å²) >= 11 is 2.98. The molecule has 2 aromatic rings. The number of hydrogen-bond donors (Lipinski definition) is 1. The van der Waals surface area contributed by atoms with E-state index in [2.05, 4.69) is 25.9 Å². The number of rotatable bonds is 4. The highest BCUT2D eigenvalue weighted by Gasteiger charge is 2.22. The number of imidazole rings is 1. The Bertz CT molecular complexity index is 673. The van der Waals surface area contributed by atoms with Gasteiger partial charge in [0.2, 0.25) is 10.0 Å². The number of hydrogen-bond acceptors (Lipinski definition) is 3. The van der Waals surface area contributed by atoms with E-state index in [4.69, 9.17) is 0 Å². The lowest BCUT2D eigenvalue weighted by molar-refractivity contribution is 0.457. The number of nitrogens with one attached hydrogen (secondary N) is 1.